The van der Waals surface area contributed by atoms with Crippen molar-refractivity contribution in [3.63, 3.8) is 0 Å². The Morgan fingerprint density at radius 2 is 1.67 bits per heavy atom. The molecule has 0 spiro atoms. The van der Waals surface area contributed by atoms with Crippen LogP contribution in [0.1, 0.15) is 0 Å². The first-order chi connectivity index (χ1) is 9.03. The SMILES string of the molecule is Nc1c(S(=O)(=O)O)cc(S(=O)(=O)[O-])c2cccc(O)c12.[Na+]. The Bertz CT molecular complexity index is 922. The van der Waals surface area contributed by atoms with Crippen molar-refractivity contribution in [2.45, 2.75) is 9.79 Å². The predicted molar refractivity (Wildman–Crippen MR) is 67.8 cm³/mol. The molecule has 0 saturated carbocycles. The standard InChI is InChI=1S/C10H9NO7S2.Na/c11-10-8(20(16,17)18)4-7(19(13,14)15)5-2-1-3-6(12)9(5)10;/h1-4,12H,11H2,(H,13,14,15)(H,16,17,18);/q;+1/p-1. The maximum absolute atomic E-state index is 11.2. The average molecular weight is 341 g/mol. The molecule has 2 aromatic rings. The quantitative estimate of drug-likeness (QED) is 0.302. The molecule has 0 fully saturated rings. The minimum atomic E-state index is -5.04. The first kappa shape index (κ1) is 18.2. The first-order valence-electron chi connectivity index (χ1n) is 5.01. The molecule has 4 N–H and O–H groups in total. The number of anilines is 1. The van der Waals surface area contributed by atoms with Crippen molar-refractivity contribution < 1.29 is 60.6 Å². The molecule has 11 heteroatoms. The third-order valence-corrected chi connectivity index (χ3v) is 4.42. The molecule has 21 heavy (non-hydrogen) atoms. The summed E-state index contributed by atoms with van der Waals surface area (Å²) in [5, 5.41) is 9.11. The number of nitrogens with two attached hydrogens (primary N) is 1. The molecule has 0 aliphatic rings. The Balaban J connectivity index is 0.00000220. The molecule has 0 aromatic heterocycles. The van der Waals surface area contributed by atoms with Gasteiger partial charge in [0.1, 0.15) is 20.8 Å². The van der Waals surface area contributed by atoms with Gasteiger partial charge in [-0.25, -0.2) is 8.42 Å². The van der Waals surface area contributed by atoms with Crippen LogP contribution in [0.15, 0.2) is 34.1 Å². The summed E-state index contributed by atoms with van der Waals surface area (Å²) in [6.07, 6.45) is 0. The van der Waals surface area contributed by atoms with E-state index >= 15 is 0 Å². The summed E-state index contributed by atoms with van der Waals surface area (Å²) in [4.78, 5) is -1.86. The fraction of sp³-hybridized carbons (Fsp3) is 0. The fourth-order valence-electron chi connectivity index (χ4n) is 1.85. The summed E-state index contributed by atoms with van der Waals surface area (Å²) in [5.74, 6) is -0.518. The van der Waals surface area contributed by atoms with Crippen LogP contribution in [0.5, 0.6) is 5.75 Å². The van der Waals surface area contributed by atoms with Gasteiger partial charge in [0.05, 0.1) is 10.6 Å². The maximum atomic E-state index is 11.2. The molecule has 0 aliphatic heterocycles. The Kier molecular flexibility index (Phi) is 4.95. The summed E-state index contributed by atoms with van der Waals surface area (Å²) in [6.45, 7) is 0. The number of phenolic OH excluding ortho intramolecular Hbond substituents is 1. The summed E-state index contributed by atoms with van der Waals surface area (Å²) in [5.41, 5.74) is 4.97. The van der Waals surface area contributed by atoms with Gasteiger partial charge >= 0.3 is 29.6 Å². The van der Waals surface area contributed by atoms with Gasteiger partial charge in [-0.3, -0.25) is 4.55 Å². The number of hydrogen-bond acceptors (Lipinski definition) is 7. The second kappa shape index (κ2) is 5.72. The van der Waals surface area contributed by atoms with E-state index in [1.807, 2.05) is 0 Å². The third kappa shape index (κ3) is 3.31. The van der Waals surface area contributed by atoms with Crippen LogP contribution in [0.25, 0.3) is 10.8 Å². The normalized spacial score (nSPS) is 12.1. The zero-order chi connectivity index (χ0) is 15.3. The van der Waals surface area contributed by atoms with Gasteiger partial charge in [0.2, 0.25) is 0 Å². The van der Waals surface area contributed by atoms with E-state index in [4.69, 9.17) is 10.3 Å². The average Bonchev–Trinajstić information content (AvgIpc) is 2.25. The second-order valence-electron chi connectivity index (χ2n) is 3.92. The van der Waals surface area contributed by atoms with Gasteiger partial charge in [0.15, 0.2) is 0 Å². The van der Waals surface area contributed by atoms with E-state index in [1.165, 1.54) is 12.1 Å². The van der Waals surface area contributed by atoms with Crippen LogP contribution < -0.4 is 35.3 Å². The molecule has 0 bridgehead atoms. The van der Waals surface area contributed by atoms with E-state index in [0.717, 1.165) is 6.07 Å². The summed E-state index contributed by atoms with van der Waals surface area (Å²) in [6, 6.07) is 4.05. The summed E-state index contributed by atoms with van der Waals surface area (Å²) in [7, 11) is -9.90. The number of aromatic hydroxyl groups is 1. The van der Waals surface area contributed by atoms with Crippen LogP contribution in [-0.2, 0) is 20.2 Å². The van der Waals surface area contributed by atoms with E-state index in [1.54, 1.807) is 0 Å². The van der Waals surface area contributed by atoms with E-state index in [9.17, 15) is 26.5 Å². The molecule has 0 radical (unpaired) electrons. The van der Waals surface area contributed by atoms with Gasteiger partial charge in [-0.2, -0.15) is 8.42 Å². The minimum Gasteiger partial charge on any atom is -0.744 e. The van der Waals surface area contributed by atoms with Gasteiger partial charge in [-0.05, 0) is 12.1 Å². The molecule has 8 nitrogen and oxygen atoms in total. The summed E-state index contributed by atoms with van der Waals surface area (Å²) < 4.78 is 65.0. The Hall–Kier alpha value is -0.880. The van der Waals surface area contributed by atoms with Crippen LogP contribution in [0.4, 0.5) is 5.69 Å². The molecule has 108 valence electrons. The minimum absolute atomic E-state index is 0. The van der Waals surface area contributed by atoms with Crippen molar-refractivity contribution in [3.05, 3.63) is 24.3 Å². The fourth-order valence-corrected chi connectivity index (χ4v) is 3.27. The van der Waals surface area contributed by atoms with Crippen molar-refractivity contribution in [1.29, 1.82) is 0 Å². The zero-order valence-electron chi connectivity index (χ0n) is 10.6. The van der Waals surface area contributed by atoms with Crippen molar-refractivity contribution in [2.24, 2.45) is 0 Å². The van der Waals surface area contributed by atoms with Crippen molar-refractivity contribution >= 4 is 36.7 Å². The van der Waals surface area contributed by atoms with E-state index in [-0.39, 0.29) is 40.3 Å². The van der Waals surface area contributed by atoms with Gasteiger partial charge in [0.25, 0.3) is 10.1 Å². The molecular weight excluding hydrogens is 333 g/mol. The maximum Gasteiger partial charge on any atom is 1.00 e. The van der Waals surface area contributed by atoms with Crippen molar-refractivity contribution in [1.82, 2.24) is 0 Å². The molecule has 0 aliphatic carbocycles. The van der Waals surface area contributed by atoms with E-state index in [0.29, 0.717) is 6.07 Å². The van der Waals surface area contributed by atoms with Gasteiger partial charge in [-0.1, -0.05) is 12.1 Å². The Morgan fingerprint density at radius 1 is 1.10 bits per heavy atom. The molecule has 0 atom stereocenters. The van der Waals surface area contributed by atoms with E-state index in [2.05, 4.69) is 0 Å². The topological polar surface area (TPSA) is 158 Å². The van der Waals surface area contributed by atoms with E-state index < -0.39 is 41.5 Å². The third-order valence-electron chi connectivity index (χ3n) is 2.65. The smallest absolute Gasteiger partial charge is 0.744 e. The van der Waals surface area contributed by atoms with Gasteiger partial charge in [-0.15, -0.1) is 0 Å². The molecular formula is C10H8NNaO7S2. The zero-order valence-corrected chi connectivity index (χ0v) is 14.3. The number of nitrogen functional groups attached to an aromatic ring is 1. The predicted octanol–water partition coefficient (Wildman–Crippen LogP) is -2.72. The number of benzene rings is 2. The molecule has 0 amide bonds. The molecule has 0 saturated heterocycles. The molecule has 2 aromatic carbocycles. The number of hydrogen-bond donors (Lipinski definition) is 3. The summed E-state index contributed by atoms with van der Waals surface area (Å²) >= 11 is 0. The van der Waals surface area contributed by atoms with Crippen molar-refractivity contribution in [3.8, 4) is 5.75 Å². The Labute approximate surface area is 142 Å². The van der Waals surface area contributed by atoms with Crippen molar-refractivity contribution in [2.75, 3.05) is 5.73 Å². The van der Waals surface area contributed by atoms with Crippen LogP contribution in [0.3, 0.4) is 0 Å². The Morgan fingerprint density at radius 3 is 2.14 bits per heavy atom. The monoisotopic (exact) mass is 341 g/mol. The van der Waals surface area contributed by atoms with Gasteiger partial charge in [0, 0.05) is 10.8 Å². The van der Waals surface area contributed by atoms with Crippen LogP contribution in [0, 0.1) is 0 Å². The molecule has 0 unspecified atom stereocenters. The van der Waals surface area contributed by atoms with Crippen LogP contribution in [0.2, 0.25) is 0 Å². The first-order valence-corrected chi connectivity index (χ1v) is 7.86. The molecule has 0 heterocycles. The molecule has 2 rings (SSSR count). The number of rotatable bonds is 2. The van der Waals surface area contributed by atoms with Crippen LogP contribution >= 0.6 is 0 Å². The van der Waals surface area contributed by atoms with Crippen LogP contribution in [-0.4, -0.2) is 31.0 Å². The largest absolute Gasteiger partial charge is 1.00 e. The number of fused-ring (bicyclic) bond motifs is 1. The number of phenols is 1. The van der Waals surface area contributed by atoms with Gasteiger partial charge < -0.3 is 15.4 Å². The second-order valence-corrected chi connectivity index (χ2v) is 6.65.